The van der Waals surface area contributed by atoms with Gasteiger partial charge in [0, 0.05) is 16.5 Å². The number of nitrogens with one attached hydrogen (secondary N) is 2. The summed E-state index contributed by atoms with van der Waals surface area (Å²) in [7, 11) is -7.84. The molecule has 1 unspecified atom stereocenters. The molecule has 38 heavy (non-hydrogen) atoms. The Morgan fingerprint density at radius 3 is 2.18 bits per heavy atom. The van der Waals surface area contributed by atoms with Crippen molar-refractivity contribution in [1.29, 1.82) is 5.26 Å². The zero-order valence-corrected chi connectivity index (χ0v) is 22.0. The number of hydrogen-bond donors (Lipinski definition) is 3. The minimum Gasteiger partial charge on any atom is -0.302 e. The van der Waals surface area contributed by atoms with E-state index >= 15 is 0 Å². The van der Waals surface area contributed by atoms with Crippen LogP contribution in [0.25, 0.3) is 10.8 Å². The first-order valence-electron chi connectivity index (χ1n) is 10.7. The molecule has 0 aromatic heterocycles. The standard InChI is InChI=1S/C24H19N5O6S3/c1-37(32,33)29-24-13-12-23(27-26-22-5-3-2-4-16(22)15-25)20-11-10-19(14-21(20)24)38(34,35)28-17-6-8-18(9-7-17)36(30)31/h2-14,28-29H,1H3,(H,30,31). The third-order valence-corrected chi connectivity index (χ3v) is 7.81. The van der Waals surface area contributed by atoms with Crippen molar-refractivity contribution >= 4 is 64.6 Å². The molecular formula is C24H19N5O6S3. The van der Waals surface area contributed by atoms with Gasteiger partial charge >= 0.3 is 0 Å². The third kappa shape index (κ3) is 6.21. The van der Waals surface area contributed by atoms with E-state index in [1.165, 1.54) is 54.6 Å². The fraction of sp³-hybridized carbons (Fsp3) is 0.0417. The van der Waals surface area contributed by atoms with Gasteiger partial charge in [-0.05, 0) is 60.7 Å². The SMILES string of the molecule is CS(=O)(=O)Nc1ccc(N=Nc2ccccc2C#N)c2ccc(S(=O)(=O)Nc3ccc(S(=O)O)cc3)cc12. The Hall–Kier alpha value is -4.16. The lowest BCUT2D eigenvalue weighted by molar-refractivity contribution is 0.564. The summed E-state index contributed by atoms with van der Waals surface area (Å²) < 4.78 is 75.2. The number of hydrogen-bond acceptors (Lipinski definition) is 8. The summed E-state index contributed by atoms with van der Waals surface area (Å²) in [6, 6.07) is 21.0. The quantitative estimate of drug-likeness (QED) is 0.200. The highest BCUT2D eigenvalue weighted by atomic mass is 32.2. The maximum absolute atomic E-state index is 13.1. The van der Waals surface area contributed by atoms with Crippen molar-refractivity contribution in [3.05, 3.63) is 84.4 Å². The Morgan fingerprint density at radius 2 is 1.53 bits per heavy atom. The molecule has 4 aromatic carbocycles. The number of rotatable bonds is 8. The minimum absolute atomic E-state index is 0.106. The molecule has 0 aliphatic heterocycles. The molecule has 0 spiro atoms. The van der Waals surface area contributed by atoms with Crippen LogP contribution in [0.3, 0.4) is 0 Å². The van der Waals surface area contributed by atoms with Gasteiger partial charge in [-0.15, -0.1) is 10.2 Å². The minimum atomic E-state index is -4.13. The average molecular weight is 570 g/mol. The molecule has 0 aliphatic rings. The van der Waals surface area contributed by atoms with Gasteiger partial charge in [0.25, 0.3) is 10.0 Å². The zero-order chi connectivity index (χ0) is 27.5. The van der Waals surface area contributed by atoms with Crippen LogP contribution in [0.4, 0.5) is 22.7 Å². The zero-order valence-electron chi connectivity index (χ0n) is 19.6. The molecule has 14 heteroatoms. The first-order chi connectivity index (χ1) is 18.0. The van der Waals surface area contributed by atoms with Gasteiger partial charge in [0.15, 0.2) is 11.1 Å². The topological polar surface area (TPSA) is 178 Å². The van der Waals surface area contributed by atoms with E-state index < -0.39 is 31.1 Å². The lowest BCUT2D eigenvalue weighted by Crippen LogP contribution is -2.13. The number of anilines is 2. The van der Waals surface area contributed by atoms with E-state index in [4.69, 9.17) is 4.55 Å². The second-order valence-electron chi connectivity index (χ2n) is 7.92. The summed E-state index contributed by atoms with van der Waals surface area (Å²) in [5.41, 5.74) is 1.25. The summed E-state index contributed by atoms with van der Waals surface area (Å²) in [6.07, 6.45) is 0.969. The second-order valence-corrected chi connectivity index (χ2v) is 12.3. The van der Waals surface area contributed by atoms with E-state index in [1.54, 1.807) is 24.3 Å². The Kier molecular flexibility index (Phi) is 7.56. The second kappa shape index (κ2) is 10.7. The number of nitriles is 1. The van der Waals surface area contributed by atoms with E-state index in [9.17, 15) is 26.3 Å². The van der Waals surface area contributed by atoms with E-state index in [1.807, 2.05) is 6.07 Å². The lowest BCUT2D eigenvalue weighted by atomic mass is 10.1. The average Bonchev–Trinajstić information content (AvgIpc) is 2.87. The van der Waals surface area contributed by atoms with Crippen LogP contribution in [-0.4, -0.2) is 31.9 Å². The van der Waals surface area contributed by atoms with E-state index in [0.717, 1.165) is 6.26 Å². The van der Waals surface area contributed by atoms with Crippen LogP contribution in [0.5, 0.6) is 0 Å². The number of sulfonamides is 2. The predicted octanol–water partition coefficient (Wildman–Crippen LogP) is 4.88. The van der Waals surface area contributed by atoms with Gasteiger partial charge in [-0.2, -0.15) is 5.26 Å². The third-order valence-electron chi connectivity index (χ3n) is 5.17. The number of nitrogens with zero attached hydrogens (tertiary/aromatic N) is 3. The van der Waals surface area contributed by atoms with Crippen molar-refractivity contribution in [2.45, 2.75) is 9.79 Å². The summed E-state index contributed by atoms with van der Waals surface area (Å²) >= 11 is -2.21. The molecule has 194 valence electrons. The molecule has 0 bridgehead atoms. The Morgan fingerprint density at radius 1 is 0.842 bits per heavy atom. The van der Waals surface area contributed by atoms with Crippen LogP contribution in [0.1, 0.15) is 5.56 Å². The molecule has 0 fully saturated rings. The summed E-state index contributed by atoms with van der Waals surface area (Å²) in [5, 5.41) is 18.3. The molecular weight excluding hydrogens is 550 g/mol. The van der Waals surface area contributed by atoms with Gasteiger partial charge in [-0.25, -0.2) is 21.0 Å². The molecule has 0 saturated carbocycles. The van der Waals surface area contributed by atoms with Gasteiger partial charge in [-0.3, -0.25) is 9.44 Å². The van der Waals surface area contributed by atoms with Crippen LogP contribution in [0.15, 0.2) is 98.9 Å². The molecule has 1 atom stereocenters. The largest absolute Gasteiger partial charge is 0.302 e. The summed E-state index contributed by atoms with van der Waals surface area (Å²) in [4.78, 5) is -0.0606. The van der Waals surface area contributed by atoms with Gasteiger partial charge in [0.05, 0.1) is 33.0 Å². The van der Waals surface area contributed by atoms with Gasteiger partial charge in [0.2, 0.25) is 10.0 Å². The molecule has 3 N–H and O–H groups in total. The maximum atomic E-state index is 13.1. The van der Waals surface area contributed by atoms with Crippen molar-refractivity contribution in [3.8, 4) is 6.07 Å². The van der Waals surface area contributed by atoms with Crippen LogP contribution in [0.2, 0.25) is 0 Å². The molecule has 0 amide bonds. The van der Waals surface area contributed by atoms with Gasteiger partial charge in [0.1, 0.15) is 11.8 Å². The summed E-state index contributed by atoms with van der Waals surface area (Å²) in [6.45, 7) is 0. The Balaban J connectivity index is 1.79. The van der Waals surface area contributed by atoms with Crippen molar-refractivity contribution in [3.63, 3.8) is 0 Å². The lowest BCUT2D eigenvalue weighted by Gasteiger charge is -2.13. The first-order valence-corrected chi connectivity index (χ1v) is 15.1. The number of fused-ring (bicyclic) bond motifs is 1. The van der Waals surface area contributed by atoms with Crippen LogP contribution < -0.4 is 9.44 Å². The molecule has 4 rings (SSSR count). The molecule has 0 saturated heterocycles. The molecule has 4 aromatic rings. The molecule has 0 aliphatic carbocycles. The van der Waals surface area contributed by atoms with Crippen molar-refractivity contribution < 1.29 is 25.6 Å². The Bertz CT molecular complexity index is 1850. The highest BCUT2D eigenvalue weighted by molar-refractivity contribution is 7.92. The fourth-order valence-corrected chi connectivity index (χ4v) is 5.50. The Labute approximate surface area is 221 Å². The van der Waals surface area contributed by atoms with Gasteiger partial charge in [-0.1, -0.05) is 18.2 Å². The van der Waals surface area contributed by atoms with Gasteiger partial charge < -0.3 is 4.55 Å². The van der Waals surface area contributed by atoms with E-state index in [0.29, 0.717) is 22.3 Å². The molecule has 0 radical (unpaired) electrons. The van der Waals surface area contributed by atoms with Crippen LogP contribution in [-0.2, 0) is 31.1 Å². The van der Waals surface area contributed by atoms with Crippen molar-refractivity contribution in [2.75, 3.05) is 15.7 Å². The molecule has 11 nitrogen and oxygen atoms in total. The summed E-state index contributed by atoms with van der Waals surface area (Å²) in [5.74, 6) is 0. The maximum Gasteiger partial charge on any atom is 0.261 e. The number of azo groups is 1. The normalized spacial score (nSPS) is 12.8. The van der Waals surface area contributed by atoms with E-state index in [2.05, 4.69) is 19.7 Å². The van der Waals surface area contributed by atoms with Crippen LogP contribution in [0, 0.1) is 11.3 Å². The molecule has 0 heterocycles. The van der Waals surface area contributed by atoms with Crippen molar-refractivity contribution in [1.82, 2.24) is 0 Å². The highest BCUT2D eigenvalue weighted by Gasteiger charge is 2.18. The highest BCUT2D eigenvalue weighted by Crippen LogP contribution is 2.35. The first kappa shape index (κ1) is 26.9. The van der Waals surface area contributed by atoms with Crippen molar-refractivity contribution in [2.24, 2.45) is 10.2 Å². The van der Waals surface area contributed by atoms with E-state index in [-0.39, 0.29) is 26.6 Å². The number of benzene rings is 4. The van der Waals surface area contributed by atoms with Crippen LogP contribution >= 0.6 is 0 Å². The fourth-order valence-electron chi connectivity index (χ4n) is 3.47. The monoisotopic (exact) mass is 569 g/mol. The predicted molar refractivity (Wildman–Crippen MR) is 144 cm³/mol. The smallest absolute Gasteiger partial charge is 0.261 e.